The molecule has 1 aromatic heterocycles. The standard InChI is InChI=1S/C17H11ClN4O/c18-16-15(20-13-7-3-4-8-14(13)21-16)10-9-19-11-5-1-2-6-12(11)22-17(10)23/h1-10H,(H,22,23). The monoisotopic (exact) mass is 322 g/mol. The summed E-state index contributed by atoms with van der Waals surface area (Å²) < 4.78 is 0. The number of hydrogen-bond acceptors (Lipinski definition) is 4. The zero-order valence-electron chi connectivity index (χ0n) is 11.9. The second kappa shape index (κ2) is 5.44. The number of benzene rings is 2. The average Bonchev–Trinajstić information content (AvgIpc) is 2.72. The van der Waals surface area contributed by atoms with Crippen molar-refractivity contribution < 1.29 is 4.79 Å². The lowest BCUT2D eigenvalue weighted by molar-refractivity contribution is -0.116. The summed E-state index contributed by atoms with van der Waals surface area (Å²) in [6.07, 6.45) is 1.56. The van der Waals surface area contributed by atoms with E-state index in [0.29, 0.717) is 28.1 Å². The number of nitrogens with one attached hydrogen (secondary N) is 1. The van der Waals surface area contributed by atoms with Gasteiger partial charge in [-0.25, -0.2) is 9.97 Å². The van der Waals surface area contributed by atoms with Crippen LogP contribution >= 0.6 is 11.6 Å². The number of halogens is 1. The maximum absolute atomic E-state index is 12.5. The maximum atomic E-state index is 12.5. The van der Waals surface area contributed by atoms with Gasteiger partial charge < -0.3 is 5.32 Å². The Balaban J connectivity index is 1.82. The molecular weight excluding hydrogens is 312 g/mol. The van der Waals surface area contributed by atoms with Gasteiger partial charge in [-0.3, -0.25) is 9.79 Å². The number of amides is 1. The number of fused-ring (bicyclic) bond motifs is 2. The Morgan fingerprint density at radius 3 is 2.48 bits per heavy atom. The molecule has 2 aromatic carbocycles. The Bertz CT molecular complexity index is 954. The van der Waals surface area contributed by atoms with Gasteiger partial charge in [0.2, 0.25) is 5.91 Å². The van der Waals surface area contributed by atoms with Gasteiger partial charge >= 0.3 is 0 Å². The van der Waals surface area contributed by atoms with Crippen molar-refractivity contribution in [1.82, 2.24) is 9.97 Å². The largest absolute Gasteiger partial charge is 0.323 e. The number of carbonyl (C=O) groups excluding carboxylic acids is 1. The second-order valence-electron chi connectivity index (χ2n) is 5.15. The minimum Gasteiger partial charge on any atom is -0.323 e. The van der Waals surface area contributed by atoms with Crippen molar-refractivity contribution in [3.8, 4) is 0 Å². The Hall–Kier alpha value is -2.79. The fourth-order valence-corrected chi connectivity index (χ4v) is 2.76. The van der Waals surface area contributed by atoms with Crippen molar-refractivity contribution in [3.63, 3.8) is 0 Å². The molecular formula is C17H11ClN4O. The van der Waals surface area contributed by atoms with Gasteiger partial charge in [-0.2, -0.15) is 0 Å². The highest BCUT2D eigenvalue weighted by Gasteiger charge is 2.26. The fourth-order valence-electron chi connectivity index (χ4n) is 2.51. The Morgan fingerprint density at radius 1 is 0.957 bits per heavy atom. The first-order valence-corrected chi connectivity index (χ1v) is 7.46. The molecule has 0 aliphatic carbocycles. The van der Waals surface area contributed by atoms with Crippen LogP contribution in [-0.4, -0.2) is 22.1 Å². The third-order valence-corrected chi connectivity index (χ3v) is 3.93. The van der Waals surface area contributed by atoms with Crippen molar-refractivity contribution in [3.05, 3.63) is 59.4 Å². The highest BCUT2D eigenvalue weighted by molar-refractivity contribution is 6.31. The van der Waals surface area contributed by atoms with Crippen LogP contribution in [0.3, 0.4) is 0 Å². The molecule has 0 bridgehead atoms. The quantitative estimate of drug-likeness (QED) is 0.742. The summed E-state index contributed by atoms with van der Waals surface area (Å²) in [4.78, 5) is 25.8. The zero-order valence-corrected chi connectivity index (χ0v) is 12.7. The Morgan fingerprint density at radius 2 is 1.65 bits per heavy atom. The molecule has 5 nitrogen and oxygen atoms in total. The van der Waals surface area contributed by atoms with Crippen LogP contribution in [0.2, 0.25) is 5.15 Å². The van der Waals surface area contributed by atoms with E-state index in [0.717, 1.165) is 0 Å². The first kappa shape index (κ1) is 13.8. The first-order valence-electron chi connectivity index (χ1n) is 7.08. The topological polar surface area (TPSA) is 67.2 Å². The van der Waals surface area contributed by atoms with E-state index >= 15 is 0 Å². The van der Waals surface area contributed by atoms with Crippen LogP contribution in [0, 0.1) is 0 Å². The fraction of sp³-hybridized carbons (Fsp3) is 0.0588. The number of hydrogen-bond donors (Lipinski definition) is 1. The number of rotatable bonds is 1. The summed E-state index contributed by atoms with van der Waals surface area (Å²) in [6, 6.07) is 14.7. The summed E-state index contributed by atoms with van der Waals surface area (Å²) in [7, 11) is 0. The van der Waals surface area contributed by atoms with Crippen molar-refractivity contribution in [2.75, 3.05) is 5.32 Å². The molecule has 1 unspecified atom stereocenters. The third-order valence-electron chi connectivity index (χ3n) is 3.65. The third kappa shape index (κ3) is 2.45. The SMILES string of the molecule is O=C1Nc2ccccc2N=CC1c1nc2ccccc2nc1Cl. The first-order chi connectivity index (χ1) is 11.2. The highest BCUT2D eigenvalue weighted by Crippen LogP contribution is 2.31. The average molecular weight is 323 g/mol. The number of anilines is 1. The molecule has 1 aliphatic heterocycles. The van der Waals surface area contributed by atoms with Crippen LogP contribution in [0.1, 0.15) is 11.6 Å². The van der Waals surface area contributed by atoms with E-state index in [1.165, 1.54) is 0 Å². The molecule has 1 N–H and O–H groups in total. The van der Waals surface area contributed by atoms with Gasteiger partial charge in [0.1, 0.15) is 5.92 Å². The van der Waals surface area contributed by atoms with Gasteiger partial charge in [-0.15, -0.1) is 0 Å². The number of aromatic nitrogens is 2. The van der Waals surface area contributed by atoms with E-state index in [4.69, 9.17) is 11.6 Å². The van der Waals surface area contributed by atoms with Crippen molar-refractivity contribution >= 4 is 46.1 Å². The van der Waals surface area contributed by atoms with E-state index in [9.17, 15) is 4.79 Å². The van der Waals surface area contributed by atoms with Crippen molar-refractivity contribution in [2.45, 2.75) is 5.92 Å². The zero-order chi connectivity index (χ0) is 15.8. The molecule has 112 valence electrons. The molecule has 6 heteroatoms. The molecule has 0 saturated heterocycles. The highest BCUT2D eigenvalue weighted by atomic mass is 35.5. The lowest BCUT2D eigenvalue weighted by atomic mass is 10.1. The lowest BCUT2D eigenvalue weighted by Gasteiger charge is -2.12. The molecule has 0 fully saturated rings. The molecule has 23 heavy (non-hydrogen) atoms. The van der Waals surface area contributed by atoms with Gasteiger partial charge in [-0.05, 0) is 24.3 Å². The molecule has 1 aliphatic rings. The Labute approximate surface area is 137 Å². The summed E-state index contributed by atoms with van der Waals surface area (Å²) in [5, 5.41) is 3.07. The van der Waals surface area contributed by atoms with Crippen LogP contribution < -0.4 is 5.32 Å². The predicted octanol–water partition coefficient (Wildman–Crippen LogP) is 3.72. The van der Waals surface area contributed by atoms with Crippen LogP contribution in [0.25, 0.3) is 11.0 Å². The van der Waals surface area contributed by atoms with E-state index in [2.05, 4.69) is 20.3 Å². The van der Waals surface area contributed by atoms with Gasteiger partial charge in [0.05, 0.1) is 28.1 Å². The number of aliphatic imine (C=N–C) groups is 1. The minimum absolute atomic E-state index is 0.209. The normalized spacial score (nSPS) is 16.7. The summed E-state index contributed by atoms with van der Waals surface area (Å²) in [5.41, 5.74) is 3.15. The van der Waals surface area contributed by atoms with Crippen LogP contribution in [-0.2, 0) is 4.79 Å². The van der Waals surface area contributed by atoms with Crippen LogP contribution in [0.15, 0.2) is 53.5 Å². The van der Waals surface area contributed by atoms with Crippen molar-refractivity contribution in [2.24, 2.45) is 4.99 Å². The van der Waals surface area contributed by atoms with Crippen molar-refractivity contribution in [1.29, 1.82) is 0 Å². The number of carbonyl (C=O) groups is 1. The van der Waals surface area contributed by atoms with E-state index in [1.807, 2.05) is 42.5 Å². The minimum atomic E-state index is -0.688. The molecule has 4 rings (SSSR count). The van der Waals surface area contributed by atoms with E-state index < -0.39 is 5.92 Å². The van der Waals surface area contributed by atoms with Crippen LogP contribution in [0.5, 0.6) is 0 Å². The summed E-state index contributed by atoms with van der Waals surface area (Å²) in [5.74, 6) is -0.919. The lowest BCUT2D eigenvalue weighted by Crippen LogP contribution is -2.22. The molecule has 3 aromatic rings. The van der Waals surface area contributed by atoms with Gasteiger partial charge in [-0.1, -0.05) is 35.9 Å². The number of nitrogens with zero attached hydrogens (tertiary/aromatic N) is 3. The molecule has 1 amide bonds. The molecule has 0 spiro atoms. The molecule has 0 saturated carbocycles. The Kier molecular flexibility index (Phi) is 3.28. The number of para-hydroxylation sites is 4. The predicted molar refractivity (Wildman–Crippen MR) is 90.5 cm³/mol. The summed E-state index contributed by atoms with van der Waals surface area (Å²) in [6.45, 7) is 0. The maximum Gasteiger partial charge on any atom is 0.239 e. The van der Waals surface area contributed by atoms with E-state index in [1.54, 1.807) is 12.3 Å². The summed E-state index contributed by atoms with van der Waals surface area (Å²) >= 11 is 6.25. The molecule has 2 heterocycles. The molecule has 1 atom stereocenters. The van der Waals surface area contributed by atoms with Gasteiger partial charge in [0.25, 0.3) is 0 Å². The van der Waals surface area contributed by atoms with Gasteiger partial charge in [0, 0.05) is 6.21 Å². The van der Waals surface area contributed by atoms with E-state index in [-0.39, 0.29) is 11.1 Å². The van der Waals surface area contributed by atoms with Crippen LogP contribution in [0.4, 0.5) is 11.4 Å². The smallest absolute Gasteiger partial charge is 0.239 e. The molecule has 0 radical (unpaired) electrons. The van der Waals surface area contributed by atoms with Gasteiger partial charge in [0.15, 0.2) is 5.15 Å². The second-order valence-corrected chi connectivity index (χ2v) is 5.51.